The Balaban J connectivity index is 1.56. The summed E-state index contributed by atoms with van der Waals surface area (Å²) in [6.07, 6.45) is 4.13. The van der Waals surface area contributed by atoms with Crippen LogP contribution < -0.4 is 9.62 Å². The number of hydrogen-bond acceptors (Lipinski definition) is 4. The Kier molecular flexibility index (Phi) is 11.0. The van der Waals surface area contributed by atoms with Crippen LogP contribution in [0.2, 0.25) is 5.02 Å². The highest BCUT2D eigenvalue weighted by Gasteiger charge is 2.35. The van der Waals surface area contributed by atoms with Crippen molar-refractivity contribution in [3.63, 3.8) is 0 Å². The number of anilines is 1. The second-order valence-corrected chi connectivity index (χ2v) is 14.4. The predicted octanol–water partition coefficient (Wildman–Crippen LogP) is 7.00. The molecule has 1 aliphatic carbocycles. The van der Waals surface area contributed by atoms with Gasteiger partial charge in [0, 0.05) is 28.5 Å². The zero-order valence-electron chi connectivity index (χ0n) is 24.7. The molecular weight excluding hydrogens is 674 g/mol. The minimum atomic E-state index is -4.15. The van der Waals surface area contributed by atoms with Crippen LogP contribution in [0, 0.1) is 0 Å². The van der Waals surface area contributed by atoms with Crippen LogP contribution in [0.15, 0.2) is 119 Å². The molecule has 5 rings (SSSR count). The Morgan fingerprint density at radius 3 is 2.13 bits per heavy atom. The average molecular weight is 709 g/mol. The van der Waals surface area contributed by atoms with Crippen LogP contribution in [0.1, 0.15) is 36.8 Å². The fraction of sp³-hybridized carbons (Fsp3) is 0.257. The zero-order valence-corrected chi connectivity index (χ0v) is 27.8. The first kappa shape index (κ1) is 32.7. The Labute approximate surface area is 278 Å². The molecule has 2 amide bonds. The fourth-order valence-electron chi connectivity index (χ4n) is 5.59. The van der Waals surface area contributed by atoms with Crippen LogP contribution in [0.25, 0.3) is 0 Å². The number of amides is 2. The van der Waals surface area contributed by atoms with E-state index in [-0.39, 0.29) is 29.8 Å². The van der Waals surface area contributed by atoms with Crippen molar-refractivity contribution in [3.8, 4) is 0 Å². The van der Waals surface area contributed by atoms with Gasteiger partial charge in [-0.3, -0.25) is 13.9 Å². The van der Waals surface area contributed by atoms with E-state index in [0.29, 0.717) is 15.2 Å². The molecule has 1 unspecified atom stereocenters. The summed E-state index contributed by atoms with van der Waals surface area (Å²) >= 11 is 9.60. The molecule has 10 heteroatoms. The van der Waals surface area contributed by atoms with Crippen LogP contribution in [0.3, 0.4) is 0 Å². The molecule has 1 N–H and O–H groups in total. The summed E-state index contributed by atoms with van der Waals surface area (Å²) in [6, 6.07) is 30.6. The molecule has 7 nitrogen and oxygen atoms in total. The van der Waals surface area contributed by atoms with Gasteiger partial charge in [-0.05, 0) is 66.4 Å². The van der Waals surface area contributed by atoms with Crippen molar-refractivity contribution in [2.24, 2.45) is 0 Å². The highest BCUT2D eigenvalue weighted by molar-refractivity contribution is 9.10. The summed E-state index contributed by atoms with van der Waals surface area (Å²) in [4.78, 5) is 30.1. The predicted molar refractivity (Wildman–Crippen MR) is 181 cm³/mol. The van der Waals surface area contributed by atoms with Gasteiger partial charge in [0.15, 0.2) is 0 Å². The fourth-order valence-corrected chi connectivity index (χ4v) is 7.53. The van der Waals surface area contributed by atoms with E-state index in [9.17, 15) is 18.0 Å². The van der Waals surface area contributed by atoms with Crippen molar-refractivity contribution in [3.05, 3.63) is 130 Å². The van der Waals surface area contributed by atoms with Crippen LogP contribution >= 0.6 is 27.5 Å². The summed E-state index contributed by atoms with van der Waals surface area (Å²) in [5.74, 6) is -0.764. The number of rotatable bonds is 12. The third-order valence-corrected chi connectivity index (χ3v) is 10.5. The molecule has 0 saturated heterocycles. The van der Waals surface area contributed by atoms with Crippen molar-refractivity contribution in [2.45, 2.75) is 55.6 Å². The Hall–Kier alpha value is -3.66. The molecule has 0 spiro atoms. The SMILES string of the molecule is O=C(NC1CCCC1)C(Cc1ccccc1)N(Cc1ccc(Cl)cc1)C(=O)CN(c1cccc(Br)c1)S(=O)(=O)c1ccccc1. The minimum absolute atomic E-state index is 0.0416. The molecular formula is C35H35BrClN3O4S. The van der Waals surface area contributed by atoms with E-state index >= 15 is 0 Å². The van der Waals surface area contributed by atoms with Crippen LogP contribution in [0.4, 0.5) is 5.69 Å². The number of hydrogen-bond donors (Lipinski definition) is 1. The van der Waals surface area contributed by atoms with E-state index in [1.54, 1.807) is 54.6 Å². The largest absolute Gasteiger partial charge is 0.352 e. The van der Waals surface area contributed by atoms with Gasteiger partial charge in [-0.1, -0.05) is 107 Å². The van der Waals surface area contributed by atoms with Gasteiger partial charge < -0.3 is 10.2 Å². The van der Waals surface area contributed by atoms with Gasteiger partial charge in [0.2, 0.25) is 11.8 Å². The van der Waals surface area contributed by atoms with E-state index < -0.39 is 28.5 Å². The summed E-state index contributed by atoms with van der Waals surface area (Å²) in [5, 5.41) is 3.73. The van der Waals surface area contributed by atoms with Crippen molar-refractivity contribution in [2.75, 3.05) is 10.8 Å². The molecule has 1 saturated carbocycles. The number of sulfonamides is 1. The number of nitrogens with zero attached hydrogens (tertiary/aromatic N) is 2. The van der Waals surface area contributed by atoms with E-state index in [4.69, 9.17) is 11.6 Å². The zero-order chi connectivity index (χ0) is 31.8. The maximum absolute atomic E-state index is 14.5. The average Bonchev–Trinajstić information content (AvgIpc) is 3.56. The lowest BCUT2D eigenvalue weighted by atomic mass is 10.0. The van der Waals surface area contributed by atoms with Crippen molar-refractivity contribution in [1.82, 2.24) is 10.2 Å². The number of halogens is 2. The normalized spacial score (nSPS) is 14.1. The van der Waals surface area contributed by atoms with Gasteiger partial charge in [-0.15, -0.1) is 0 Å². The van der Waals surface area contributed by atoms with Gasteiger partial charge in [0.05, 0.1) is 10.6 Å². The lowest BCUT2D eigenvalue weighted by Gasteiger charge is -2.34. The highest BCUT2D eigenvalue weighted by atomic mass is 79.9. The summed E-state index contributed by atoms with van der Waals surface area (Å²) < 4.78 is 29.9. The summed E-state index contributed by atoms with van der Waals surface area (Å²) in [6.45, 7) is -0.424. The topological polar surface area (TPSA) is 86.8 Å². The second-order valence-electron chi connectivity index (χ2n) is 11.1. The highest BCUT2D eigenvalue weighted by Crippen LogP contribution is 2.28. The van der Waals surface area contributed by atoms with Crippen LogP contribution in [0.5, 0.6) is 0 Å². The van der Waals surface area contributed by atoms with Crippen molar-refractivity contribution < 1.29 is 18.0 Å². The Morgan fingerprint density at radius 2 is 1.49 bits per heavy atom. The quantitative estimate of drug-likeness (QED) is 0.172. The molecule has 0 aromatic heterocycles. The number of benzene rings is 4. The molecule has 0 radical (unpaired) electrons. The molecule has 4 aromatic carbocycles. The van der Waals surface area contributed by atoms with E-state index in [0.717, 1.165) is 41.1 Å². The maximum atomic E-state index is 14.5. The van der Waals surface area contributed by atoms with Gasteiger partial charge in [-0.2, -0.15) is 0 Å². The molecule has 1 atom stereocenters. The van der Waals surface area contributed by atoms with Gasteiger partial charge in [0.25, 0.3) is 10.0 Å². The third kappa shape index (κ3) is 8.54. The first-order valence-electron chi connectivity index (χ1n) is 14.9. The lowest BCUT2D eigenvalue weighted by molar-refractivity contribution is -0.140. The molecule has 234 valence electrons. The molecule has 0 aliphatic heterocycles. The molecule has 45 heavy (non-hydrogen) atoms. The van der Waals surface area contributed by atoms with E-state index in [1.807, 2.05) is 42.5 Å². The van der Waals surface area contributed by atoms with Crippen LogP contribution in [-0.2, 0) is 32.6 Å². The Morgan fingerprint density at radius 1 is 0.844 bits per heavy atom. The van der Waals surface area contributed by atoms with Gasteiger partial charge in [-0.25, -0.2) is 8.42 Å². The van der Waals surface area contributed by atoms with Crippen LogP contribution in [-0.4, -0.2) is 43.8 Å². The van der Waals surface area contributed by atoms with Crippen molar-refractivity contribution >= 4 is 55.1 Å². The first-order chi connectivity index (χ1) is 21.7. The lowest BCUT2D eigenvalue weighted by Crippen LogP contribution is -2.54. The summed E-state index contributed by atoms with van der Waals surface area (Å²) in [7, 11) is -4.15. The number of carbonyl (C=O) groups is 2. The maximum Gasteiger partial charge on any atom is 0.264 e. The number of nitrogens with one attached hydrogen (secondary N) is 1. The monoisotopic (exact) mass is 707 g/mol. The van der Waals surface area contributed by atoms with Gasteiger partial charge in [0.1, 0.15) is 12.6 Å². The van der Waals surface area contributed by atoms with Crippen molar-refractivity contribution in [1.29, 1.82) is 0 Å². The summed E-state index contributed by atoms with van der Waals surface area (Å²) in [5.41, 5.74) is 1.97. The van der Waals surface area contributed by atoms with Gasteiger partial charge >= 0.3 is 0 Å². The standard InChI is InChI=1S/C35H35BrClN3O4S/c36-28-12-9-15-31(23-28)40(45(43,44)32-16-5-2-6-17-32)25-34(41)39(24-27-18-20-29(37)21-19-27)33(22-26-10-3-1-4-11-26)35(42)38-30-13-7-8-14-30/h1-6,9-12,15-21,23,30,33H,7-8,13-14,22,24-25H2,(H,38,42). The third-order valence-electron chi connectivity index (χ3n) is 7.95. The first-order valence-corrected chi connectivity index (χ1v) is 17.5. The molecule has 0 bridgehead atoms. The van der Waals surface area contributed by atoms with E-state index in [1.165, 1.54) is 17.0 Å². The smallest absolute Gasteiger partial charge is 0.264 e. The minimum Gasteiger partial charge on any atom is -0.352 e. The second kappa shape index (κ2) is 15.1. The molecule has 0 heterocycles. The molecule has 4 aromatic rings. The number of carbonyl (C=O) groups excluding carboxylic acids is 2. The Bertz CT molecular complexity index is 1700. The molecule has 1 aliphatic rings. The van der Waals surface area contributed by atoms with E-state index in [2.05, 4.69) is 21.2 Å². The molecule has 1 fully saturated rings.